The van der Waals surface area contributed by atoms with Crippen molar-refractivity contribution in [1.82, 2.24) is 9.62 Å². The molecule has 1 amide bonds. The summed E-state index contributed by atoms with van der Waals surface area (Å²) in [5, 5.41) is 1.75. The molecule has 5 nitrogen and oxygen atoms in total. The SMILES string of the molecule is O=C(C1=CCCC1)N1CCCC(CNS(=O)(=O)c2cccs2)C1. The van der Waals surface area contributed by atoms with Gasteiger partial charge in [0.25, 0.3) is 0 Å². The second-order valence-electron chi connectivity index (χ2n) is 6.16. The van der Waals surface area contributed by atoms with Gasteiger partial charge in [-0.2, -0.15) is 0 Å². The highest BCUT2D eigenvalue weighted by Gasteiger charge is 2.27. The van der Waals surface area contributed by atoms with E-state index in [0.717, 1.165) is 44.2 Å². The Kier molecular flexibility index (Phi) is 5.18. The summed E-state index contributed by atoms with van der Waals surface area (Å²) in [5.74, 6) is 0.331. The third kappa shape index (κ3) is 4.02. The molecule has 2 aliphatic rings. The van der Waals surface area contributed by atoms with Crippen LogP contribution in [-0.2, 0) is 14.8 Å². The van der Waals surface area contributed by atoms with E-state index in [4.69, 9.17) is 0 Å². The van der Waals surface area contributed by atoms with Crippen LogP contribution in [0.1, 0.15) is 32.1 Å². The molecule has 1 fully saturated rings. The van der Waals surface area contributed by atoms with E-state index in [1.165, 1.54) is 11.3 Å². The molecule has 1 aliphatic heterocycles. The third-order valence-corrected chi connectivity index (χ3v) is 7.26. The first-order valence-corrected chi connectivity index (χ1v) is 10.4. The second-order valence-corrected chi connectivity index (χ2v) is 9.11. The van der Waals surface area contributed by atoms with Crippen molar-refractivity contribution < 1.29 is 13.2 Å². The summed E-state index contributed by atoms with van der Waals surface area (Å²) in [6.07, 6.45) is 6.88. The third-order valence-electron chi connectivity index (χ3n) is 4.44. The quantitative estimate of drug-likeness (QED) is 0.883. The van der Waals surface area contributed by atoms with E-state index >= 15 is 0 Å². The van der Waals surface area contributed by atoms with Gasteiger partial charge < -0.3 is 4.90 Å². The Hall–Kier alpha value is -1.18. The number of carbonyl (C=O) groups is 1. The van der Waals surface area contributed by atoms with Gasteiger partial charge in [-0.1, -0.05) is 12.1 Å². The second kappa shape index (κ2) is 7.15. The zero-order valence-corrected chi connectivity index (χ0v) is 14.7. The molecule has 0 radical (unpaired) electrons. The normalized spacial score (nSPS) is 22.2. The highest BCUT2D eigenvalue weighted by molar-refractivity contribution is 7.91. The number of nitrogens with one attached hydrogen (secondary N) is 1. The minimum absolute atomic E-state index is 0.147. The summed E-state index contributed by atoms with van der Waals surface area (Å²) in [5.41, 5.74) is 0.935. The topological polar surface area (TPSA) is 66.5 Å². The minimum atomic E-state index is -3.42. The fourth-order valence-electron chi connectivity index (χ4n) is 3.20. The van der Waals surface area contributed by atoms with Gasteiger partial charge in [-0.15, -0.1) is 11.3 Å². The van der Waals surface area contributed by atoms with E-state index in [1.807, 2.05) is 11.0 Å². The Labute approximate surface area is 141 Å². The van der Waals surface area contributed by atoms with Crippen molar-refractivity contribution in [2.24, 2.45) is 5.92 Å². The van der Waals surface area contributed by atoms with Crippen molar-refractivity contribution in [3.63, 3.8) is 0 Å². The minimum Gasteiger partial charge on any atom is -0.339 e. The average molecular weight is 354 g/mol. The number of carbonyl (C=O) groups excluding carboxylic acids is 1. The van der Waals surface area contributed by atoms with Crippen molar-refractivity contribution in [3.05, 3.63) is 29.2 Å². The lowest BCUT2D eigenvalue weighted by Gasteiger charge is -2.33. The molecule has 3 rings (SSSR count). The Bertz CT molecular complexity index is 680. The number of hydrogen-bond acceptors (Lipinski definition) is 4. The van der Waals surface area contributed by atoms with Gasteiger partial charge in [0.05, 0.1) is 0 Å². The van der Waals surface area contributed by atoms with Crippen LogP contribution in [0.15, 0.2) is 33.4 Å². The largest absolute Gasteiger partial charge is 0.339 e. The van der Waals surface area contributed by atoms with Crippen molar-refractivity contribution in [1.29, 1.82) is 0 Å². The lowest BCUT2D eigenvalue weighted by molar-refractivity contribution is -0.128. The van der Waals surface area contributed by atoms with E-state index in [0.29, 0.717) is 17.3 Å². The van der Waals surface area contributed by atoms with E-state index in [2.05, 4.69) is 4.72 Å². The molecular weight excluding hydrogens is 332 g/mol. The summed E-state index contributed by atoms with van der Waals surface area (Å²) in [6.45, 7) is 1.82. The number of amides is 1. The molecule has 1 N–H and O–H groups in total. The molecule has 1 saturated heterocycles. The smallest absolute Gasteiger partial charge is 0.250 e. The van der Waals surface area contributed by atoms with Crippen molar-refractivity contribution in [2.75, 3.05) is 19.6 Å². The van der Waals surface area contributed by atoms with Crippen molar-refractivity contribution in [3.8, 4) is 0 Å². The molecule has 0 saturated carbocycles. The number of hydrogen-bond donors (Lipinski definition) is 1. The summed E-state index contributed by atoms with van der Waals surface area (Å²) in [4.78, 5) is 14.3. The molecule has 126 valence electrons. The van der Waals surface area contributed by atoms with Gasteiger partial charge in [0, 0.05) is 25.2 Å². The Morgan fingerprint density at radius 3 is 2.96 bits per heavy atom. The summed E-state index contributed by atoms with van der Waals surface area (Å²) in [6, 6.07) is 3.34. The number of rotatable bonds is 5. The zero-order chi connectivity index (χ0) is 16.3. The number of piperidine rings is 1. The maximum atomic E-state index is 12.5. The molecule has 1 aromatic rings. The Morgan fingerprint density at radius 2 is 2.26 bits per heavy atom. The fraction of sp³-hybridized carbons (Fsp3) is 0.562. The van der Waals surface area contributed by atoms with Crippen LogP contribution < -0.4 is 4.72 Å². The van der Waals surface area contributed by atoms with Crippen molar-refractivity contribution >= 4 is 27.3 Å². The summed E-state index contributed by atoms with van der Waals surface area (Å²) < 4.78 is 27.4. The van der Waals surface area contributed by atoms with Gasteiger partial charge >= 0.3 is 0 Å². The van der Waals surface area contributed by atoms with E-state index in [9.17, 15) is 13.2 Å². The van der Waals surface area contributed by atoms with E-state index in [-0.39, 0.29) is 11.8 Å². The molecule has 23 heavy (non-hydrogen) atoms. The van der Waals surface area contributed by atoms with Gasteiger partial charge in [0.1, 0.15) is 4.21 Å². The lowest BCUT2D eigenvalue weighted by Crippen LogP contribution is -2.44. The fourth-order valence-corrected chi connectivity index (χ4v) is 5.35. The standard InChI is InChI=1S/C16H22N2O3S2/c19-16(14-6-1-2-7-14)18-9-3-5-13(12-18)11-17-23(20,21)15-8-4-10-22-15/h4,6,8,10,13,17H,1-3,5,7,9,11-12H2. The van der Waals surface area contributed by atoms with Crippen LogP contribution in [0, 0.1) is 5.92 Å². The molecule has 0 spiro atoms. The maximum absolute atomic E-state index is 12.5. The maximum Gasteiger partial charge on any atom is 0.250 e. The number of sulfonamides is 1. The van der Waals surface area contributed by atoms with Crippen molar-refractivity contribution in [2.45, 2.75) is 36.3 Å². The number of allylic oxidation sites excluding steroid dienone is 1. The average Bonchev–Trinajstić information content (AvgIpc) is 3.25. The van der Waals surface area contributed by atoms with Crippen LogP contribution in [0.4, 0.5) is 0 Å². The molecule has 0 aromatic carbocycles. The molecule has 0 bridgehead atoms. The summed E-state index contributed by atoms with van der Waals surface area (Å²) >= 11 is 1.22. The number of nitrogens with zero attached hydrogens (tertiary/aromatic N) is 1. The zero-order valence-electron chi connectivity index (χ0n) is 13.0. The van der Waals surface area contributed by atoms with Crippen LogP contribution >= 0.6 is 11.3 Å². The van der Waals surface area contributed by atoms with Crippen LogP contribution in [0.3, 0.4) is 0 Å². The van der Waals surface area contributed by atoms with E-state index in [1.54, 1.807) is 17.5 Å². The first kappa shape index (κ1) is 16.7. The van der Waals surface area contributed by atoms with Crippen LogP contribution in [0.5, 0.6) is 0 Å². The number of thiophene rings is 1. The lowest BCUT2D eigenvalue weighted by atomic mass is 9.97. The molecule has 7 heteroatoms. The van der Waals surface area contributed by atoms with E-state index < -0.39 is 10.0 Å². The summed E-state index contributed by atoms with van der Waals surface area (Å²) in [7, 11) is -3.42. The highest BCUT2D eigenvalue weighted by atomic mass is 32.2. The Balaban J connectivity index is 1.56. The predicted molar refractivity (Wildman–Crippen MR) is 90.7 cm³/mol. The van der Waals surface area contributed by atoms with Crippen LogP contribution in [0.2, 0.25) is 0 Å². The van der Waals surface area contributed by atoms with Gasteiger partial charge in [-0.05, 0) is 49.5 Å². The monoisotopic (exact) mass is 354 g/mol. The predicted octanol–water partition coefficient (Wildman–Crippen LogP) is 2.38. The molecular formula is C16H22N2O3S2. The first-order chi connectivity index (χ1) is 11.1. The van der Waals surface area contributed by atoms with Crippen LogP contribution in [0.25, 0.3) is 0 Å². The molecule has 2 heterocycles. The Morgan fingerprint density at radius 1 is 1.39 bits per heavy atom. The molecule has 1 aliphatic carbocycles. The van der Waals surface area contributed by atoms with Crippen LogP contribution in [-0.4, -0.2) is 38.9 Å². The molecule has 1 atom stereocenters. The molecule has 1 aromatic heterocycles. The van der Waals surface area contributed by atoms with Gasteiger partial charge in [-0.25, -0.2) is 13.1 Å². The van der Waals surface area contributed by atoms with Gasteiger partial charge in [0.15, 0.2) is 0 Å². The highest BCUT2D eigenvalue weighted by Crippen LogP contribution is 2.24. The molecule has 1 unspecified atom stereocenters. The first-order valence-electron chi connectivity index (χ1n) is 8.08. The van der Waals surface area contributed by atoms with Gasteiger partial charge in [0.2, 0.25) is 15.9 Å². The van der Waals surface area contributed by atoms with Gasteiger partial charge in [-0.3, -0.25) is 4.79 Å². The number of likely N-dealkylation sites (tertiary alicyclic amines) is 1.